The molecule has 0 bridgehead atoms. The van der Waals surface area contributed by atoms with E-state index in [-0.39, 0.29) is 0 Å². The maximum atomic E-state index is 4.00. The van der Waals surface area contributed by atoms with Crippen molar-refractivity contribution in [2.24, 2.45) is 0 Å². The highest BCUT2D eigenvalue weighted by atomic mass is 14.1. The van der Waals surface area contributed by atoms with Gasteiger partial charge in [-0.2, -0.15) is 0 Å². The molecule has 1 radical (unpaired) electrons. The quantitative estimate of drug-likeness (QED) is 0.624. The van der Waals surface area contributed by atoms with Crippen LogP contribution in [0.3, 0.4) is 0 Å². The summed E-state index contributed by atoms with van der Waals surface area (Å²) in [5.74, 6) is 0. The predicted octanol–water partition coefficient (Wildman–Crippen LogP) is 3.30. The molecule has 0 amide bonds. The van der Waals surface area contributed by atoms with Gasteiger partial charge >= 0.3 is 0 Å². The molecule has 0 aliphatic carbocycles. The standard InChI is InChI=1S/C12H17/c1-5-11-8-7-9(3)10(4)12(11)6-2/h7-8H,3,5-6H2,1-2,4H3. The minimum absolute atomic E-state index is 1.12. The minimum atomic E-state index is 1.12. The van der Waals surface area contributed by atoms with Crippen LogP contribution in [0.5, 0.6) is 0 Å². The molecule has 12 heavy (non-hydrogen) atoms. The molecule has 0 saturated carbocycles. The van der Waals surface area contributed by atoms with Gasteiger partial charge in [0, 0.05) is 0 Å². The van der Waals surface area contributed by atoms with Gasteiger partial charge in [0.15, 0.2) is 0 Å². The fraction of sp³-hybridized carbons (Fsp3) is 0.417. The third-order valence-electron chi connectivity index (χ3n) is 2.54. The van der Waals surface area contributed by atoms with Gasteiger partial charge in [-0.1, -0.05) is 26.0 Å². The number of rotatable bonds is 2. The van der Waals surface area contributed by atoms with Gasteiger partial charge in [-0.05, 0) is 48.9 Å². The Morgan fingerprint density at radius 2 is 1.83 bits per heavy atom. The third kappa shape index (κ3) is 1.52. The lowest BCUT2D eigenvalue weighted by molar-refractivity contribution is 1.01. The van der Waals surface area contributed by atoms with E-state index in [0.717, 1.165) is 12.8 Å². The van der Waals surface area contributed by atoms with Crippen molar-refractivity contribution in [2.45, 2.75) is 33.6 Å². The van der Waals surface area contributed by atoms with Crippen molar-refractivity contribution in [2.75, 3.05) is 0 Å². The highest BCUT2D eigenvalue weighted by molar-refractivity contribution is 5.41. The maximum absolute atomic E-state index is 4.00. The van der Waals surface area contributed by atoms with Gasteiger partial charge in [0.1, 0.15) is 0 Å². The van der Waals surface area contributed by atoms with Crippen LogP contribution < -0.4 is 0 Å². The van der Waals surface area contributed by atoms with Crippen LogP contribution in [-0.2, 0) is 12.8 Å². The summed E-state index contributed by atoms with van der Waals surface area (Å²) < 4.78 is 0. The van der Waals surface area contributed by atoms with Crippen LogP contribution in [0.1, 0.15) is 36.1 Å². The molecule has 0 unspecified atom stereocenters. The fourth-order valence-corrected chi connectivity index (χ4v) is 1.68. The SMILES string of the molecule is [CH2]c1ccc(CC)c(CC)c1C. The Morgan fingerprint density at radius 3 is 2.33 bits per heavy atom. The van der Waals surface area contributed by atoms with E-state index in [1.54, 1.807) is 0 Å². The molecule has 65 valence electrons. The molecule has 0 nitrogen and oxygen atoms in total. The second-order valence-corrected chi connectivity index (χ2v) is 3.19. The molecule has 0 aliphatic heterocycles. The van der Waals surface area contributed by atoms with E-state index in [4.69, 9.17) is 0 Å². The van der Waals surface area contributed by atoms with Crippen LogP contribution in [0.2, 0.25) is 0 Å². The van der Waals surface area contributed by atoms with Gasteiger partial charge in [0.25, 0.3) is 0 Å². The molecule has 0 spiro atoms. The first-order chi connectivity index (χ1) is 5.70. The van der Waals surface area contributed by atoms with Gasteiger partial charge < -0.3 is 0 Å². The largest absolute Gasteiger partial charge is 0.0613 e. The lowest BCUT2D eigenvalue weighted by Crippen LogP contribution is -1.96. The average molecular weight is 161 g/mol. The first-order valence-electron chi connectivity index (χ1n) is 4.64. The molecule has 1 aromatic rings. The molecule has 1 aromatic carbocycles. The molecular formula is C12H17. The van der Waals surface area contributed by atoms with E-state index in [1.165, 1.54) is 22.3 Å². The number of hydrogen-bond acceptors (Lipinski definition) is 0. The number of hydrogen-bond donors (Lipinski definition) is 0. The Morgan fingerprint density at radius 1 is 1.17 bits per heavy atom. The zero-order valence-corrected chi connectivity index (χ0v) is 8.28. The monoisotopic (exact) mass is 161 g/mol. The van der Waals surface area contributed by atoms with E-state index in [2.05, 4.69) is 39.8 Å². The van der Waals surface area contributed by atoms with Gasteiger partial charge in [-0.25, -0.2) is 0 Å². The minimum Gasteiger partial charge on any atom is -0.0613 e. The summed E-state index contributed by atoms with van der Waals surface area (Å²) in [4.78, 5) is 0. The van der Waals surface area contributed by atoms with Crippen LogP contribution in [-0.4, -0.2) is 0 Å². The summed E-state index contributed by atoms with van der Waals surface area (Å²) in [7, 11) is 0. The molecular weight excluding hydrogens is 144 g/mol. The average Bonchev–Trinajstić information content (AvgIpc) is 2.09. The highest BCUT2D eigenvalue weighted by Gasteiger charge is 2.03. The van der Waals surface area contributed by atoms with Crippen LogP contribution in [0.4, 0.5) is 0 Å². The molecule has 0 aromatic heterocycles. The first-order valence-corrected chi connectivity index (χ1v) is 4.64. The van der Waals surface area contributed by atoms with Crippen LogP contribution in [0.15, 0.2) is 12.1 Å². The van der Waals surface area contributed by atoms with Crippen LogP contribution >= 0.6 is 0 Å². The molecule has 0 heterocycles. The molecule has 0 N–H and O–H groups in total. The van der Waals surface area contributed by atoms with Gasteiger partial charge in [-0.15, -0.1) is 0 Å². The molecule has 0 saturated heterocycles. The van der Waals surface area contributed by atoms with Gasteiger partial charge in [0.2, 0.25) is 0 Å². The topological polar surface area (TPSA) is 0 Å². The van der Waals surface area contributed by atoms with Crippen molar-refractivity contribution < 1.29 is 0 Å². The van der Waals surface area contributed by atoms with E-state index >= 15 is 0 Å². The number of benzene rings is 1. The summed E-state index contributed by atoms with van der Waals surface area (Å²) in [5.41, 5.74) is 5.51. The normalized spacial score (nSPS) is 10.3. The molecule has 0 aliphatic rings. The molecule has 0 atom stereocenters. The summed E-state index contributed by atoms with van der Waals surface area (Å²) in [6, 6.07) is 4.32. The van der Waals surface area contributed by atoms with Crippen molar-refractivity contribution in [1.29, 1.82) is 0 Å². The summed E-state index contributed by atoms with van der Waals surface area (Å²) in [6.07, 6.45) is 2.25. The zero-order chi connectivity index (χ0) is 9.14. The lowest BCUT2D eigenvalue weighted by Gasteiger charge is -2.11. The van der Waals surface area contributed by atoms with Crippen molar-refractivity contribution in [3.8, 4) is 0 Å². The zero-order valence-electron chi connectivity index (χ0n) is 8.28. The van der Waals surface area contributed by atoms with E-state index in [0.29, 0.717) is 0 Å². The third-order valence-corrected chi connectivity index (χ3v) is 2.54. The molecule has 0 heteroatoms. The molecule has 0 fully saturated rings. The summed E-state index contributed by atoms with van der Waals surface area (Å²) in [6.45, 7) is 10.6. The van der Waals surface area contributed by atoms with Crippen molar-refractivity contribution >= 4 is 0 Å². The fourth-order valence-electron chi connectivity index (χ4n) is 1.68. The lowest BCUT2D eigenvalue weighted by atomic mass is 9.95. The summed E-state index contributed by atoms with van der Waals surface area (Å²) >= 11 is 0. The smallest absolute Gasteiger partial charge is 0.0235 e. The van der Waals surface area contributed by atoms with E-state index < -0.39 is 0 Å². The number of aryl methyl sites for hydroxylation is 1. The van der Waals surface area contributed by atoms with Gasteiger partial charge in [0.05, 0.1) is 0 Å². The Bertz CT molecular complexity index is 272. The second-order valence-electron chi connectivity index (χ2n) is 3.19. The first kappa shape index (κ1) is 9.31. The predicted molar refractivity (Wildman–Crippen MR) is 54.4 cm³/mol. The van der Waals surface area contributed by atoms with Crippen molar-refractivity contribution in [3.05, 3.63) is 41.3 Å². The maximum Gasteiger partial charge on any atom is -0.0235 e. The van der Waals surface area contributed by atoms with Crippen LogP contribution in [0.25, 0.3) is 0 Å². The van der Waals surface area contributed by atoms with Crippen molar-refractivity contribution in [1.82, 2.24) is 0 Å². The highest BCUT2D eigenvalue weighted by Crippen LogP contribution is 2.18. The van der Waals surface area contributed by atoms with E-state index in [1.807, 2.05) is 0 Å². The van der Waals surface area contributed by atoms with Crippen LogP contribution in [0, 0.1) is 13.8 Å². The molecule has 1 rings (SSSR count). The van der Waals surface area contributed by atoms with Crippen molar-refractivity contribution in [3.63, 3.8) is 0 Å². The Kier molecular flexibility index (Phi) is 2.91. The Labute approximate surface area is 75.6 Å². The summed E-state index contributed by atoms with van der Waals surface area (Å²) in [5, 5.41) is 0. The van der Waals surface area contributed by atoms with E-state index in [9.17, 15) is 0 Å². The Balaban J connectivity index is 3.25. The Hall–Kier alpha value is -0.780. The second kappa shape index (κ2) is 3.75. The van der Waals surface area contributed by atoms with Gasteiger partial charge in [-0.3, -0.25) is 0 Å².